The number of hydrogen-bond acceptors (Lipinski definition) is 8. The van der Waals surface area contributed by atoms with E-state index >= 15 is 0 Å². The molecular formula is C27H30N2O7S. The fourth-order valence-electron chi connectivity index (χ4n) is 3.44. The van der Waals surface area contributed by atoms with Gasteiger partial charge in [-0.3, -0.25) is 4.72 Å². The van der Waals surface area contributed by atoms with E-state index in [1.165, 1.54) is 31.4 Å². The summed E-state index contributed by atoms with van der Waals surface area (Å²) in [5.41, 5.74) is 3.35. The van der Waals surface area contributed by atoms with Gasteiger partial charge >= 0.3 is 5.97 Å². The quantitative estimate of drug-likeness (QED) is 0.122. The number of sulfonamides is 1. The molecule has 1 atom stereocenters. The fourth-order valence-corrected chi connectivity index (χ4v) is 4.00. The lowest BCUT2D eigenvalue weighted by Gasteiger charge is -2.15. The summed E-state index contributed by atoms with van der Waals surface area (Å²) in [5, 5.41) is 23.3. The summed E-state index contributed by atoms with van der Waals surface area (Å²) in [6.45, 7) is 1.06. The Labute approximate surface area is 216 Å². The van der Waals surface area contributed by atoms with Crippen LogP contribution in [-0.2, 0) is 19.6 Å². The average molecular weight is 527 g/mol. The first-order chi connectivity index (χ1) is 17.6. The first-order valence-corrected chi connectivity index (χ1v) is 13.3. The Bertz CT molecular complexity index is 1340. The highest BCUT2D eigenvalue weighted by atomic mass is 32.2. The maximum atomic E-state index is 11.4. The number of phenolic OH excluding ortho intramolecular Hbond substituents is 1. The third-order valence-electron chi connectivity index (χ3n) is 5.27. The van der Waals surface area contributed by atoms with E-state index in [-0.39, 0.29) is 18.0 Å². The molecule has 37 heavy (non-hydrogen) atoms. The number of anilines is 1. The van der Waals surface area contributed by atoms with Gasteiger partial charge in [0.1, 0.15) is 18.1 Å². The van der Waals surface area contributed by atoms with Gasteiger partial charge in [0, 0.05) is 19.2 Å². The molecule has 10 heteroatoms. The van der Waals surface area contributed by atoms with Gasteiger partial charge in [0.25, 0.3) is 0 Å². The first kappa shape index (κ1) is 27.7. The predicted molar refractivity (Wildman–Crippen MR) is 143 cm³/mol. The molecule has 0 fully saturated rings. The Morgan fingerprint density at radius 2 is 1.81 bits per heavy atom. The van der Waals surface area contributed by atoms with Crippen LogP contribution in [0.3, 0.4) is 0 Å². The summed E-state index contributed by atoms with van der Waals surface area (Å²) in [4.78, 5) is 11.3. The van der Waals surface area contributed by atoms with Crippen LogP contribution >= 0.6 is 0 Å². The second-order valence-corrected chi connectivity index (χ2v) is 9.97. The molecule has 0 saturated carbocycles. The molecule has 0 heterocycles. The maximum absolute atomic E-state index is 11.4. The molecule has 0 aliphatic rings. The molecule has 196 valence electrons. The van der Waals surface area contributed by atoms with E-state index in [2.05, 4.69) is 14.8 Å². The van der Waals surface area contributed by atoms with Gasteiger partial charge in [0.05, 0.1) is 25.2 Å². The summed E-state index contributed by atoms with van der Waals surface area (Å²) in [7, 11) is -2.23. The van der Waals surface area contributed by atoms with E-state index in [0.29, 0.717) is 24.5 Å². The van der Waals surface area contributed by atoms with Gasteiger partial charge < -0.3 is 25.0 Å². The summed E-state index contributed by atoms with van der Waals surface area (Å²) in [6.07, 6.45) is 3.15. The average Bonchev–Trinajstić information content (AvgIpc) is 2.88. The van der Waals surface area contributed by atoms with Crippen molar-refractivity contribution in [2.24, 2.45) is 0 Å². The zero-order valence-electron chi connectivity index (χ0n) is 20.5. The van der Waals surface area contributed by atoms with Gasteiger partial charge in [-0.05, 0) is 58.7 Å². The lowest BCUT2D eigenvalue weighted by molar-refractivity contribution is -0.134. The Hall–Kier alpha value is -3.86. The number of rotatable bonds is 12. The van der Waals surface area contributed by atoms with Crippen LogP contribution in [0.2, 0.25) is 0 Å². The van der Waals surface area contributed by atoms with Crippen molar-refractivity contribution in [2.75, 3.05) is 37.8 Å². The van der Waals surface area contributed by atoms with Crippen molar-refractivity contribution in [3.8, 4) is 22.6 Å². The zero-order valence-corrected chi connectivity index (χ0v) is 21.4. The second kappa shape index (κ2) is 12.9. The number of aromatic hydroxyl groups is 1. The van der Waals surface area contributed by atoms with Gasteiger partial charge in [-0.25, -0.2) is 13.2 Å². The van der Waals surface area contributed by atoms with Crippen molar-refractivity contribution in [3.63, 3.8) is 0 Å². The van der Waals surface area contributed by atoms with Crippen LogP contribution in [0.4, 0.5) is 5.69 Å². The lowest BCUT2D eigenvalue weighted by atomic mass is 10.0. The number of aliphatic hydroxyl groups excluding tert-OH is 1. The largest absolute Gasteiger partial charge is 0.506 e. The van der Waals surface area contributed by atoms with Gasteiger partial charge in [0.15, 0.2) is 0 Å². The number of nitrogens with one attached hydrogen (secondary N) is 2. The number of hydrogen-bond donors (Lipinski definition) is 4. The van der Waals surface area contributed by atoms with Gasteiger partial charge in [-0.1, -0.05) is 36.4 Å². The van der Waals surface area contributed by atoms with Crippen LogP contribution in [-0.4, -0.2) is 57.7 Å². The smallest absolute Gasteiger partial charge is 0.330 e. The van der Waals surface area contributed by atoms with Crippen LogP contribution in [0.1, 0.15) is 17.2 Å². The molecular weight excluding hydrogens is 496 g/mol. The number of phenols is 1. The summed E-state index contributed by atoms with van der Waals surface area (Å²) in [6, 6.07) is 19.6. The molecule has 3 aromatic rings. The molecule has 0 amide bonds. The molecule has 0 aliphatic heterocycles. The van der Waals surface area contributed by atoms with Crippen molar-refractivity contribution in [1.29, 1.82) is 0 Å². The molecule has 0 unspecified atom stereocenters. The van der Waals surface area contributed by atoms with E-state index in [1.807, 2.05) is 48.5 Å². The van der Waals surface area contributed by atoms with Crippen molar-refractivity contribution in [1.82, 2.24) is 5.32 Å². The van der Waals surface area contributed by atoms with E-state index in [0.717, 1.165) is 22.9 Å². The maximum Gasteiger partial charge on any atom is 0.330 e. The molecule has 0 saturated heterocycles. The molecule has 0 spiro atoms. The highest BCUT2D eigenvalue weighted by molar-refractivity contribution is 7.92. The third-order valence-corrected chi connectivity index (χ3v) is 5.86. The number of ether oxygens (including phenoxy) is 2. The number of benzene rings is 3. The fraction of sp³-hybridized carbons (Fsp3) is 0.222. The molecule has 3 aromatic carbocycles. The summed E-state index contributed by atoms with van der Waals surface area (Å²) in [5.74, 6) is 0.0621. The van der Waals surface area contributed by atoms with Crippen LogP contribution in [0.5, 0.6) is 11.5 Å². The monoisotopic (exact) mass is 526 g/mol. The zero-order chi connectivity index (χ0) is 26.8. The van der Waals surface area contributed by atoms with Crippen LogP contribution < -0.4 is 14.8 Å². The predicted octanol–water partition coefficient (Wildman–Crippen LogP) is 3.32. The number of carbonyl (C=O) groups is 1. The standard InChI is InChI=1S/C27H30N2O7S/c1-35-27(32)13-6-19-4-3-5-21(16-19)20-7-10-23(11-8-20)36-15-14-28-18-26(31)22-9-12-25(30)24(17-22)29-37(2,33)34/h3-13,16-17,26,28-31H,14-15,18H2,1-2H3/t26-/m1/s1. The third kappa shape index (κ3) is 8.94. The molecule has 0 bridgehead atoms. The van der Waals surface area contributed by atoms with E-state index in [1.54, 1.807) is 6.08 Å². The molecule has 0 aliphatic carbocycles. The highest BCUT2D eigenvalue weighted by Crippen LogP contribution is 2.28. The lowest BCUT2D eigenvalue weighted by Crippen LogP contribution is -2.26. The summed E-state index contributed by atoms with van der Waals surface area (Å²) >= 11 is 0. The Balaban J connectivity index is 1.47. The minimum Gasteiger partial charge on any atom is -0.506 e. The molecule has 0 aromatic heterocycles. The Kier molecular flexibility index (Phi) is 9.67. The van der Waals surface area contributed by atoms with E-state index in [9.17, 15) is 23.4 Å². The van der Waals surface area contributed by atoms with Crippen molar-refractivity contribution in [2.45, 2.75) is 6.10 Å². The number of methoxy groups -OCH3 is 1. The molecule has 0 radical (unpaired) electrons. The SMILES string of the molecule is COC(=O)C=Cc1cccc(-c2ccc(OCCNC[C@@H](O)c3ccc(O)c(NS(C)(=O)=O)c3)cc2)c1. The normalized spacial score (nSPS) is 12.3. The van der Waals surface area contributed by atoms with Crippen molar-refractivity contribution in [3.05, 3.63) is 83.9 Å². The van der Waals surface area contributed by atoms with Crippen molar-refractivity contribution < 1.29 is 32.9 Å². The van der Waals surface area contributed by atoms with Crippen LogP contribution in [0.25, 0.3) is 17.2 Å². The Morgan fingerprint density at radius 1 is 1.05 bits per heavy atom. The van der Waals surface area contributed by atoms with Gasteiger partial charge in [-0.15, -0.1) is 0 Å². The van der Waals surface area contributed by atoms with Gasteiger partial charge in [-0.2, -0.15) is 0 Å². The van der Waals surface area contributed by atoms with E-state index < -0.39 is 22.1 Å². The highest BCUT2D eigenvalue weighted by Gasteiger charge is 2.13. The van der Waals surface area contributed by atoms with Crippen LogP contribution in [0.15, 0.2) is 72.8 Å². The summed E-state index contributed by atoms with van der Waals surface area (Å²) < 4.78 is 35.4. The Morgan fingerprint density at radius 3 is 2.51 bits per heavy atom. The number of aliphatic hydroxyl groups is 1. The first-order valence-electron chi connectivity index (χ1n) is 11.4. The number of carbonyl (C=O) groups excluding carboxylic acids is 1. The number of esters is 1. The van der Waals surface area contributed by atoms with Crippen LogP contribution in [0, 0.1) is 0 Å². The van der Waals surface area contributed by atoms with E-state index in [4.69, 9.17) is 4.74 Å². The van der Waals surface area contributed by atoms with Gasteiger partial charge in [0.2, 0.25) is 10.0 Å². The second-order valence-electron chi connectivity index (χ2n) is 8.23. The molecule has 3 rings (SSSR count). The molecule has 9 nitrogen and oxygen atoms in total. The topological polar surface area (TPSA) is 134 Å². The minimum atomic E-state index is -3.56. The molecule has 4 N–H and O–H groups in total. The minimum absolute atomic E-state index is 0.00946. The van der Waals surface area contributed by atoms with Crippen molar-refractivity contribution >= 4 is 27.8 Å².